The zero-order valence-electron chi connectivity index (χ0n) is 14.1. The molecule has 0 atom stereocenters. The molecule has 126 valence electrons. The zero-order chi connectivity index (χ0) is 16.8. The van der Waals surface area contributed by atoms with Crippen LogP contribution in [-0.2, 0) is 11.3 Å². The first-order valence-corrected chi connectivity index (χ1v) is 8.62. The molecule has 4 nitrogen and oxygen atoms in total. The van der Waals surface area contributed by atoms with Gasteiger partial charge >= 0.3 is 0 Å². The lowest BCUT2D eigenvalue weighted by atomic mass is 9.96. The van der Waals surface area contributed by atoms with Gasteiger partial charge in [0.05, 0.1) is 12.6 Å². The second-order valence-electron chi connectivity index (χ2n) is 6.29. The quantitative estimate of drug-likeness (QED) is 0.863. The molecule has 1 aromatic carbocycles. The Hall–Kier alpha value is -2.20. The van der Waals surface area contributed by atoms with Gasteiger partial charge in [-0.05, 0) is 42.7 Å². The Morgan fingerprint density at radius 2 is 2.00 bits per heavy atom. The SMILES string of the molecule is COCc1cccc(C(=O)n2ccccc2=NC2CCCCC2)c1. The summed E-state index contributed by atoms with van der Waals surface area (Å²) < 4.78 is 6.81. The molecule has 24 heavy (non-hydrogen) atoms. The highest BCUT2D eigenvalue weighted by Gasteiger charge is 2.13. The van der Waals surface area contributed by atoms with Gasteiger partial charge in [0, 0.05) is 18.9 Å². The lowest BCUT2D eigenvalue weighted by Crippen LogP contribution is -2.29. The van der Waals surface area contributed by atoms with E-state index in [1.165, 1.54) is 19.3 Å². The van der Waals surface area contributed by atoms with Crippen molar-refractivity contribution in [3.8, 4) is 0 Å². The number of benzene rings is 1. The van der Waals surface area contributed by atoms with E-state index in [4.69, 9.17) is 9.73 Å². The molecule has 3 rings (SSSR count). The van der Waals surface area contributed by atoms with E-state index < -0.39 is 0 Å². The molecule has 0 unspecified atom stereocenters. The maximum atomic E-state index is 12.9. The first kappa shape index (κ1) is 16.7. The molecule has 1 heterocycles. The number of carbonyl (C=O) groups is 1. The van der Waals surface area contributed by atoms with Gasteiger partial charge in [0.25, 0.3) is 5.91 Å². The average Bonchev–Trinajstić information content (AvgIpc) is 2.63. The van der Waals surface area contributed by atoms with Crippen molar-refractivity contribution in [2.75, 3.05) is 7.11 Å². The van der Waals surface area contributed by atoms with Gasteiger partial charge in [-0.3, -0.25) is 14.4 Å². The summed E-state index contributed by atoms with van der Waals surface area (Å²) in [6.45, 7) is 0.500. The fourth-order valence-corrected chi connectivity index (χ4v) is 3.21. The summed E-state index contributed by atoms with van der Waals surface area (Å²) in [7, 11) is 1.65. The number of aromatic nitrogens is 1. The van der Waals surface area contributed by atoms with Crippen molar-refractivity contribution in [2.24, 2.45) is 4.99 Å². The fourth-order valence-electron chi connectivity index (χ4n) is 3.21. The molecule has 0 aliphatic heterocycles. The molecule has 1 aliphatic rings. The van der Waals surface area contributed by atoms with Gasteiger partial charge < -0.3 is 4.74 Å². The topological polar surface area (TPSA) is 43.6 Å². The molecular weight excluding hydrogens is 300 g/mol. The van der Waals surface area contributed by atoms with Crippen LogP contribution in [0.25, 0.3) is 0 Å². The first-order valence-electron chi connectivity index (χ1n) is 8.62. The highest BCUT2D eigenvalue weighted by atomic mass is 16.5. The van der Waals surface area contributed by atoms with Crippen LogP contribution in [0.5, 0.6) is 0 Å². The Balaban J connectivity index is 1.93. The summed E-state index contributed by atoms with van der Waals surface area (Å²) in [6, 6.07) is 13.6. The second kappa shape index (κ2) is 8.06. The van der Waals surface area contributed by atoms with Gasteiger partial charge in [0.2, 0.25) is 0 Å². The van der Waals surface area contributed by atoms with E-state index in [0.717, 1.165) is 23.9 Å². The van der Waals surface area contributed by atoms with Crippen LogP contribution < -0.4 is 5.49 Å². The maximum absolute atomic E-state index is 12.9. The summed E-state index contributed by atoms with van der Waals surface area (Å²) in [6.07, 6.45) is 7.79. The molecule has 0 spiro atoms. The maximum Gasteiger partial charge on any atom is 0.263 e. The Bertz CT molecular complexity index is 758. The molecule has 0 bridgehead atoms. The van der Waals surface area contributed by atoms with Crippen molar-refractivity contribution < 1.29 is 9.53 Å². The monoisotopic (exact) mass is 324 g/mol. The van der Waals surface area contributed by atoms with Crippen molar-refractivity contribution in [3.05, 3.63) is 65.3 Å². The number of methoxy groups -OCH3 is 1. The van der Waals surface area contributed by atoms with Gasteiger partial charge in [0.15, 0.2) is 0 Å². The Kier molecular flexibility index (Phi) is 5.59. The second-order valence-corrected chi connectivity index (χ2v) is 6.29. The molecule has 1 aliphatic carbocycles. The normalized spacial score (nSPS) is 16.3. The minimum atomic E-state index is -0.0527. The van der Waals surface area contributed by atoms with E-state index >= 15 is 0 Å². The molecule has 0 saturated heterocycles. The van der Waals surface area contributed by atoms with Crippen molar-refractivity contribution >= 4 is 5.91 Å². The molecule has 1 aromatic heterocycles. The number of ether oxygens (including phenoxy) is 1. The van der Waals surface area contributed by atoms with E-state index in [1.54, 1.807) is 17.9 Å². The van der Waals surface area contributed by atoms with Crippen LogP contribution in [0.3, 0.4) is 0 Å². The zero-order valence-corrected chi connectivity index (χ0v) is 14.1. The summed E-state index contributed by atoms with van der Waals surface area (Å²) in [4.78, 5) is 17.8. The van der Waals surface area contributed by atoms with Crippen molar-refractivity contribution in [2.45, 2.75) is 44.8 Å². The van der Waals surface area contributed by atoms with E-state index in [-0.39, 0.29) is 5.91 Å². The molecule has 0 amide bonds. The Labute approximate surface area is 142 Å². The average molecular weight is 324 g/mol. The van der Waals surface area contributed by atoms with Crippen molar-refractivity contribution in [1.29, 1.82) is 0 Å². The highest BCUT2D eigenvalue weighted by Crippen LogP contribution is 2.19. The number of rotatable bonds is 4. The number of nitrogens with zero attached hydrogens (tertiary/aromatic N) is 2. The predicted octanol–water partition coefficient (Wildman–Crippen LogP) is 3.56. The smallest absolute Gasteiger partial charge is 0.263 e. The summed E-state index contributed by atoms with van der Waals surface area (Å²) in [5, 5.41) is 0. The molecule has 2 aromatic rings. The van der Waals surface area contributed by atoms with Gasteiger partial charge in [-0.1, -0.05) is 37.5 Å². The number of pyridine rings is 1. The predicted molar refractivity (Wildman–Crippen MR) is 93.8 cm³/mol. The van der Waals surface area contributed by atoms with Gasteiger partial charge in [-0.2, -0.15) is 0 Å². The van der Waals surface area contributed by atoms with Gasteiger partial charge in [-0.15, -0.1) is 0 Å². The van der Waals surface area contributed by atoms with Crippen LogP contribution >= 0.6 is 0 Å². The number of carbonyl (C=O) groups excluding carboxylic acids is 1. The van der Waals surface area contributed by atoms with E-state index in [9.17, 15) is 4.79 Å². The summed E-state index contributed by atoms with van der Waals surface area (Å²) >= 11 is 0. The molecule has 1 fully saturated rings. The van der Waals surface area contributed by atoms with Crippen molar-refractivity contribution in [3.63, 3.8) is 0 Å². The lowest BCUT2D eigenvalue weighted by molar-refractivity contribution is 0.0954. The third-order valence-corrected chi connectivity index (χ3v) is 4.43. The first-order chi connectivity index (χ1) is 11.8. The number of hydrogen-bond acceptors (Lipinski definition) is 3. The van der Waals surface area contributed by atoms with E-state index in [0.29, 0.717) is 18.2 Å². The van der Waals surface area contributed by atoms with Crippen LogP contribution in [0, 0.1) is 0 Å². The third kappa shape index (κ3) is 4.01. The minimum absolute atomic E-state index is 0.0527. The molecule has 4 heteroatoms. The largest absolute Gasteiger partial charge is 0.380 e. The molecule has 1 saturated carbocycles. The van der Waals surface area contributed by atoms with Crippen LogP contribution in [-0.4, -0.2) is 23.6 Å². The van der Waals surface area contributed by atoms with Crippen molar-refractivity contribution in [1.82, 2.24) is 4.57 Å². The summed E-state index contributed by atoms with van der Waals surface area (Å²) in [5.41, 5.74) is 2.39. The Morgan fingerprint density at radius 1 is 1.17 bits per heavy atom. The van der Waals surface area contributed by atoms with E-state index in [1.807, 2.05) is 42.5 Å². The number of hydrogen-bond donors (Lipinski definition) is 0. The van der Waals surface area contributed by atoms with Crippen LogP contribution in [0.4, 0.5) is 0 Å². The van der Waals surface area contributed by atoms with Crippen LogP contribution in [0.1, 0.15) is 48.0 Å². The highest BCUT2D eigenvalue weighted by molar-refractivity contribution is 5.95. The van der Waals surface area contributed by atoms with Gasteiger partial charge in [-0.25, -0.2) is 0 Å². The summed E-state index contributed by atoms with van der Waals surface area (Å²) in [5.74, 6) is -0.0527. The van der Waals surface area contributed by atoms with Crippen LogP contribution in [0.15, 0.2) is 53.7 Å². The Morgan fingerprint density at radius 3 is 2.79 bits per heavy atom. The third-order valence-electron chi connectivity index (χ3n) is 4.43. The lowest BCUT2D eigenvalue weighted by Gasteiger charge is -2.17. The minimum Gasteiger partial charge on any atom is -0.380 e. The molecular formula is C20H24N2O2. The van der Waals surface area contributed by atoms with E-state index in [2.05, 4.69) is 0 Å². The molecule has 0 N–H and O–H groups in total. The fraction of sp³-hybridized carbons (Fsp3) is 0.400. The standard InChI is InChI=1S/C20H24N2O2/c1-24-15-16-8-7-9-17(14-16)20(23)22-13-6-5-12-19(22)21-18-10-3-2-4-11-18/h5-9,12-14,18H,2-4,10-11,15H2,1H3. The molecule has 0 radical (unpaired) electrons. The van der Waals surface area contributed by atoms with Gasteiger partial charge in [0.1, 0.15) is 5.49 Å². The van der Waals surface area contributed by atoms with Crippen LogP contribution in [0.2, 0.25) is 0 Å².